The quantitative estimate of drug-likeness (QED) is 0.185. The SMILES string of the molecule is CCC=COc1ccc(-c2ccc(-c3ccc(C4COC(CCCCCC)OC4)cc3F)cc2)c(F)c1F. The molecule has 202 valence electrons. The van der Waals surface area contributed by atoms with Crippen molar-refractivity contribution in [3.05, 3.63) is 90.0 Å². The molecule has 4 rings (SSSR count). The summed E-state index contributed by atoms with van der Waals surface area (Å²) in [6.45, 7) is 5.11. The first-order valence-electron chi connectivity index (χ1n) is 13.4. The van der Waals surface area contributed by atoms with Crippen molar-refractivity contribution in [1.82, 2.24) is 0 Å². The number of hydrogen-bond donors (Lipinski definition) is 0. The molecule has 0 saturated carbocycles. The van der Waals surface area contributed by atoms with Crippen LogP contribution in [0.5, 0.6) is 5.75 Å². The standard InChI is InChI=1S/C32H35F3O3/c1-3-5-7-8-9-30-37-20-25(21-38-30)24-14-15-26(28(33)19-24)22-10-12-23(13-11-22)27-16-17-29(32(35)31(27)34)36-18-6-4-2/h6,10-19,25,30H,3-5,7-9,20-21H2,1-2H3. The Morgan fingerprint density at radius 1 is 0.816 bits per heavy atom. The summed E-state index contributed by atoms with van der Waals surface area (Å²) in [5, 5.41) is 0. The molecule has 0 aliphatic carbocycles. The molecule has 6 heteroatoms. The molecule has 0 spiro atoms. The average molecular weight is 525 g/mol. The highest BCUT2D eigenvalue weighted by Crippen LogP contribution is 2.33. The van der Waals surface area contributed by atoms with Crippen molar-refractivity contribution in [3.63, 3.8) is 0 Å². The van der Waals surface area contributed by atoms with Gasteiger partial charge in [0.2, 0.25) is 5.82 Å². The second kappa shape index (κ2) is 13.6. The van der Waals surface area contributed by atoms with E-state index in [1.165, 1.54) is 43.7 Å². The summed E-state index contributed by atoms with van der Waals surface area (Å²) in [4.78, 5) is 0. The van der Waals surface area contributed by atoms with Crippen LogP contribution in [-0.2, 0) is 9.47 Å². The van der Waals surface area contributed by atoms with E-state index in [9.17, 15) is 8.78 Å². The van der Waals surface area contributed by atoms with Gasteiger partial charge in [0.25, 0.3) is 0 Å². The van der Waals surface area contributed by atoms with Crippen LogP contribution in [0.25, 0.3) is 22.3 Å². The summed E-state index contributed by atoms with van der Waals surface area (Å²) in [6.07, 6.45) is 9.17. The highest BCUT2D eigenvalue weighted by Gasteiger charge is 2.24. The van der Waals surface area contributed by atoms with Crippen LogP contribution in [0.3, 0.4) is 0 Å². The highest BCUT2D eigenvalue weighted by molar-refractivity contribution is 5.71. The van der Waals surface area contributed by atoms with Crippen molar-refractivity contribution < 1.29 is 27.4 Å². The van der Waals surface area contributed by atoms with Crippen molar-refractivity contribution >= 4 is 0 Å². The highest BCUT2D eigenvalue weighted by atomic mass is 19.2. The van der Waals surface area contributed by atoms with Gasteiger partial charge in [-0.2, -0.15) is 4.39 Å². The lowest BCUT2D eigenvalue weighted by atomic mass is 9.95. The van der Waals surface area contributed by atoms with Crippen LogP contribution in [0.1, 0.15) is 63.9 Å². The topological polar surface area (TPSA) is 27.7 Å². The number of halogens is 3. The van der Waals surface area contributed by atoms with Gasteiger partial charge in [0.1, 0.15) is 5.82 Å². The van der Waals surface area contributed by atoms with Crippen molar-refractivity contribution in [2.24, 2.45) is 0 Å². The average Bonchev–Trinajstić information content (AvgIpc) is 2.94. The van der Waals surface area contributed by atoms with Gasteiger partial charge in [-0.05, 0) is 60.2 Å². The third-order valence-corrected chi connectivity index (χ3v) is 6.81. The first-order valence-corrected chi connectivity index (χ1v) is 13.4. The van der Waals surface area contributed by atoms with Crippen LogP contribution in [0.15, 0.2) is 66.9 Å². The maximum absolute atomic E-state index is 15.1. The maximum Gasteiger partial charge on any atom is 0.201 e. The van der Waals surface area contributed by atoms with Crippen LogP contribution >= 0.6 is 0 Å². The molecule has 38 heavy (non-hydrogen) atoms. The van der Waals surface area contributed by atoms with E-state index in [2.05, 4.69) is 6.92 Å². The molecule has 0 aromatic heterocycles. The second-order valence-electron chi connectivity index (χ2n) is 9.60. The summed E-state index contributed by atoms with van der Waals surface area (Å²) >= 11 is 0. The van der Waals surface area contributed by atoms with Gasteiger partial charge in [0, 0.05) is 17.0 Å². The number of benzene rings is 3. The zero-order valence-corrected chi connectivity index (χ0v) is 22.0. The summed E-state index contributed by atoms with van der Waals surface area (Å²) in [5.41, 5.74) is 2.51. The number of hydrogen-bond acceptors (Lipinski definition) is 3. The van der Waals surface area contributed by atoms with Gasteiger partial charge in [-0.1, -0.05) is 69.5 Å². The fraction of sp³-hybridized carbons (Fsp3) is 0.375. The largest absolute Gasteiger partial charge is 0.462 e. The van der Waals surface area contributed by atoms with Gasteiger partial charge in [-0.3, -0.25) is 0 Å². The van der Waals surface area contributed by atoms with E-state index in [-0.39, 0.29) is 29.3 Å². The molecule has 0 amide bonds. The van der Waals surface area contributed by atoms with Gasteiger partial charge < -0.3 is 14.2 Å². The van der Waals surface area contributed by atoms with Crippen LogP contribution in [-0.4, -0.2) is 19.5 Å². The first kappa shape index (κ1) is 27.9. The van der Waals surface area contributed by atoms with E-state index in [1.807, 2.05) is 13.0 Å². The second-order valence-corrected chi connectivity index (χ2v) is 9.60. The third kappa shape index (κ3) is 6.86. The van der Waals surface area contributed by atoms with Crippen LogP contribution < -0.4 is 4.74 Å². The molecule has 1 aliphatic rings. The van der Waals surface area contributed by atoms with Crippen molar-refractivity contribution in [2.75, 3.05) is 13.2 Å². The summed E-state index contributed by atoms with van der Waals surface area (Å²) in [5.74, 6) is -2.58. The van der Waals surface area contributed by atoms with Crippen LogP contribution in [0.4, 0.5) is 13.2 Å². The van der Waals surface area contributed by atoms with Crippen molar-refractivity contribution in [3.8, 4) is 28.0 Å². The van der Waals surface area contributed by atoms with Gasteiger partial charge in [0.05, 0.1) is 19.5 Å². The molecule has 1 saturated heterocycles. The molecule has 0 N–H and O–H groups in total. The molecule has 0 unspecified atom stereocenters. The molecule has 3 aromatic carbocycles. The minimum Gasteiger partial charge on any atom is -0.462 e. The molecule has 3 nitrogen and oxygen atoms in total. The zero-order valence-electron chi connectivity index (χ0n) is 22.0. The van der Waals surface area contributed by atoms with E-state index in [0.717, 1.165) is 24.8 Å². The Bertz CT molecular complexity index is 1220. The van der Waals surface area contributed by atoms with E-state index in [1.54, 1.807) is 36.4 Å². The molecular weight excluding hydrogens is 489 g/mol. The fourth-order valence-corrected chi connectivity index (χ4v) is 4.55. The van der Waals surface area contributed by atoms with E-state index < -0.39 is 11.6 Å². The number of ether oxygens (including phenoxy) is 3. The Kier molecular flexibility index (Phi) is 10.0. The predicted molar refractivity (Wildman–Crippen MR) is 144 cm³/mol. The monoisotopic (exact) mass is 524 g/mol. The Balaban J connectivity index is 1.41. The summed E-state index contributed by atoms with van der Waals surface area (Å²) < 4.78 is 61.2. The molecule has 1 heterocycles. The zero-order chi connectivity index (χ0) is 26.9. The molecule has 1 fully saturated rings. The molecule has 3 aromatic rings. The third-order valence-electron chi connectivity index (χ3n) is 6.81. The first-order chi connectivity index (χ1) is 18.5. The Morgan fingerprint density at radius 2 is 1.50 bits per heavy atom. The van der Waals surface area contributed by atoms with E-state index >= 15 is 4.39 Å². The van der Waals surface area contributed by atoms with Crippen molar-refractivity contribution in [1.29, 1.82) is 0 Å². The molecule has 0 bridgehead atoms. The van der Waals surface area contributed by atoms with Crippen LogP contribution in [0, 0.1) is 17.5 Å². The minimum atomic E-state index is -1.05. The minimum absolute atomic E-state index is 0.0184. The van der Waals surface area contributed by atoms with Gasteiger partial charge in [-0.25, -0.2) is 8.78 Å². The Hall–Kier alpha value is -3.09. The number of unbranched alkanes of at least 4 members (excludes halogenated alkanes) is 3. The summed E-state index contributed by atoms with van der Waals surface area (Å²) in [6, 6.07) is 14.8. The van der Waals surface area contributed by atoms with E-state index in [4.69, 9.17) is 14.2 Å². The predicted octanol–water partition coefficient (Wildman–Crippen LogP) is 9.17. The number of rotatable bonds is 11. The van der Waals surface area contributed by atoms with Gasteiger partial charge in [0.15, 0.2) is 17.9 Å². The van der Waals surface area contributed by atoms with Crippen LogP contribution in [0.2, 0.25) is 0 Å². The Labute approximate surface area is 223 Å². The summed E-state index contributed by atoms with van der Waals surface area (Å²) in [7, 11) is 0. The lowest BCUT2D eigenvalue weighted by molar-refractivity contribution is -0.190. The fourth-order valence-electron chi connectivity index (χ4n) is 4.55. The lowest BCUT2D eigenvalue weighted by Gasteiger charge is -2.30. The number of allylic oxidation sites excluding steroid dienone is 1. The maximum atomic E-state index is 15.1. The molecule has 0 radical (unpaired) electrons. The molecular formula is C32H35F3O3. The van der Waals surface area contributed by atoms with Crippen molar-refractivity contribution in [2.45, 2.75) is 64.6 Å². The normalized spacial score (nSPS) is 17.7. The smallest absolute Gasteiger partial charge is 0.201 e. The lowest BCUT2D eigenvalue weighted by Crippen LogP contribution is -2.30. The van der Waals surface area contributed by atoms with Gasteiger partial charge >= 0.3 is 0 Å². The Morgan fingerprint density at radius 3 is 2.16 bits per heavy atom. The molecule has 0 atom stereocenters. The van der Waals surface area contributed by atoms with Gasteiger partial charge in [-0.15, -0.1) is 0 Å². The molecule has 1 aliphatic heterocycles. The van der Waals surface area contributed by atoms with E-state index in [0.29, 0.717) is 29.9 Å².